The molecule has 0 saturated carbocycles. The largest absolute Gasteiger partial charge is 0.0651 e. The van der Waals surface area contributed by atoms with Gasteiger partial charge in [0.1, 0.15) is 0 Å². The summed E-state index contributed by atoms with van der Waals surface area (Å²) in [6, 6.07) is 5.31. The van der Waals surface area contributed by atoms with Gasteiger partial charge >= 0.3 is 0 Å². The van der Waals surface area contributed by atoms with Crippen molar-refractivity contribution in [3.8, 4) is 0 Å². The average molecular weight is 515 g/mol. The second-order valence-corrected chi connectivity index (χ2v) is 11.8. The van der Waals surface area contributed by atoms with E-state index in [1.165, 1.54) is 108 Å². The van der Waals surface area contributed by atoms with Gasteiger partial charge in [-0.2, -0.15) is 0 Å². The molecule has 0 atom stereocenters. The lowest BCUT2D eigenvalue weighted by Crippen LogP contribution is -2.10. The molecule has 0 spiro atoms. The van der Waals surface area contributed by atoms with Crippen molar-refractivity contribution in [1.82, 2.24) is 0 Å². The summed E-state index contributed by atoms with van der Waals surface area (Å²) in [5.41, 5.74) is 13.6. The summed E-state index contributed by atoms with van der Waals surface area (Å²) < 4.78 is 0. The number of benzene rings is 3. The summed E-state index contributed by atoms with van der Waals surface area (Å²) >= 11 is 0. The third-order valence-corrected chi connectivity index (χ3v) is 8.58. The van der Waals surface area contributed by atoms with Crippen LogP contribution in [0.1, 0.15) is 151 Å². The number of rotatable bonds is 16. The summed E-state index contributed by atoms with van der Waals surface area (Å²) in [7, 11) is 0. The van der Waals surface area contributed by atoms with Gasteiger partial charge in [0.15, 0.2) is 0 Å². The molecular weight excluding hydrogens is 456 g/mol. The lowest BCUT2D eigenvalue weighted by Gasteiger charge is -2.27. The maximum absolute atomic E-state index is 2.68. The van der Waals surface area contributed by atoms with Crippen molar-refractivity contribution in [3.63, 3.8) is 0 Å². The predicted molar refractivity (Wildman–Crippen MR) is 173 cm³/mol. The predicted octanol–water partition coefficient (Wildman–Crippen LogP) is 11.6. The van der Waals surface area contributed by atoms with E-state index < -0.39 is 0 Å². The molecule has 0 nitrogen and oxygen atoms in total. The molecule has 0 aliphatic heterocycles. The van der Waals surface area contributed by atoms with Gasteiger partial charge in [0.25, 0.3) is 0 Å². The maximum atomic E-state index is 2.68. The molecule has 0 radical (unpaired) electrons. The standard InChI is InChI=1S/C38H58/c1-9-17-27-25-28-26-36-32(21-13-5)30(19-11-3)31(20-12-4)34(23-15-7)38(36)35(24-16-8)37(28)33(22-14-6)29(27)18-10-2/h25-26H,9-24H2,1-8H3. The molecule has 0 saturated heterocycles. The molecule has 0 amide bonds. The molecule has 38 heavy (non-hydrogen) atoms. The minimum atomic E-state index is 1.20. The Kier molecular flexibility index (Phi) is 12.2. The van der Waals surface area contributed by atoms with E-state index >= 15 is 0 Å². The van der Waals surface area contributed by atoms with Gasteiger partial charge in [0.05, 0.1) is 0 Å². The zero-order valence-corrected chi connectivity index (χ0v) is 26.5. The highest BCUT2D eigenvalue weighted by atomic mass is 14.3. The molecule has 0 aromatic heterocycles. The highest BCUT2D eigenvalue weighted by Gasteiger charge is 2.24. The molecule has 3 aromatic rings. The van der Waals surface area contributed by atoms with Gasteiger partial charge in [-0.15, -0.1) is 0 Å². The van der Waals surface area contributed by atoms with Crippen molar-refractivity contribution in [1.29, 1.82) is 0 Å². The average Bonchev–Trinajstić information content (AvgIpc) is 2.90. The van der Waals surface area contributed by atoms with Gasteiger partial charge in [0.2, 0.25) is 0 Å². The molecule has 3 aromatic carbocycles. The molecule has 0 heteroatoms. The molecule has 0 N–H and O–H groups in total. The van der Waals surface area contributed by atoms with Crippen molar-refractivity contribution in [3.05, 3.63) is 56.6 Å². The van der Waals surface area contributed by atoms with E-state index in [9.17, 15) is 0 Å². The number of hydrogen-bond donors (Lipinski definition) is 0. The lowest BCUT2D eigenvalue weighted by molar-refractivity contribution is 0.808. The smallest absolute Gasteiger partial charge is 0.0108 e. The minimum absolute atomic E-state index is 1.20. The normalized spacial score (nSPS) is 11.8. The van der Waals surface area contributed by atoms with Crippen LogP contribution >= 0.6 is 0 Å². The Hall–Kier alpha value is -1.82. The van der Waals surface area contributed by atoms with Crippen LogP contribution in [0.25, 0.3) is 21.5 Å². The molecule has 0 bridgehead atoms. The minimum Gasteiger partial charge on any atom is -0.0651 e. The van der Waals surface area contributed by atoms with E-state index in [4.69, 9.17) is 0 Å². The Labute approximate surface area is 236 Å². The fourth-order valence-electron chi connectivity index (χ4n) is 7.36. The fraction of sp³-hybridized carbons (Fsp3) is 0.632. The monoisotopic (exact) mass is 514 g/mol. The number of fused-ring (bicyclic) bond motifs is 2. The second kappa shape index (κ2) is 15.1. The molecule has 0 aliphatic carbocycles. The first-order valence-corrected chi connectivity index (χ1v) is 16.6. The van der Waals surface area contributed by atoms with Gasteiger partial charge in [-0.3, -0.25) is 0 Å². The van der Waals surface area contributed by atoms with E-state index in [1.807, 2.05) is 0 Å². The molecule has 0 aliphatic rings. The van der Waals surface area contributed by atoms with E-state index in [2.05, 4.69) is 67.5 Å². The highest BCUT2D eigenvalue weighted by molar-refractivity contribution is 6.07. The SMILES string of the molecule is CCCc1cc2cc3c(CCC)c(CCC)c(CCC)c(CCC)c3c(CCC)c2c(CCC)c1CCC. The molecule has 210 valence electrons. The number of hydrogen-bond acceptors (Lipinski definition) is 0. The van der Waals surface area contributed by atoms with Crippen LogP contribution in [0.2, 0.25) is 0 Å². The third-order valence-electron chi connectivity index (χ3n) is 8.58. The van der Waals surface area contributed by atoms with E-state index in [-0.39, 0.29) is 0 Å². The molecular formula is C38H58. The number of aryl methyl sites for hydroxylation is 5. The lowest BCUT2D eigenvalue weighted by atomic mass is 9.77. The van der Waals surface area contributed by atoms with Gasteiger partial charge in [-0.05, 0) is 123 Å². The Morgan fingerprint density at radius 1 is 0.342 bits per heavy atom. The van der Waals surface area contributed by atoms with Crippen molar-refractivity contribution in [2.45, 2.75) is 158 Å². The van der Waals surface area contributed by atoms with E-state index in [0.717, 1.165) is 0 Å². The van der Waals surface area contributed by atoms with E-state index in [1.54, 1.807) is 60.7 Å². The second-order valence-electron chi connectivity index (χ2n) is 11.8. The molecule has 0 unspecified atom stereocenters. The summed E-state index contributed by atoms with van der Waals surface area (Å²) in [5, 5.41) is 6.48. The van der Waals surface area contributed by atoms with Crippen molar-refractivity contribution >= 4 is 21.5 Å². The Balaban J connectivity index is 2.69. The first-order chi connectivity index (χ1) is 18.6. The molecule has 0 fully saturated rings. The van der Waals surface area contributed by atoms with Crippen LogP contribution < -0.4 is 0 Å². The third kappa shape index (κ3) is 6.16. The maximum Gasteiger partial charge on any atom is -0.0108 e. The fourth-order valence-corrected chi connectivity index (χ4v) is 7.36. The summed E-state index contributed by atoms with van der Waals surface area (Å²) in [6.45, 7) is 19.0. The van der Waals surface area contributed by atoms with Crippen molar-refractivity contribution in [2.24, 2.45) is 0 Å². The van der Waals surface area contributed by atoms with Crippen LogP contribution in [0.3, 0.4) is 0 Å². The van der Waals surface area contributed by atoms with Crippen LogP contribution in [-0.2, 0) is 51.4 Å². The molecule has 3 rings (SSSR count). The topological polar surface area (TPSA) is 0 Å². The van der Waals surface area contributed by atoms with Gasteiger partial charge in [0, 0.05) is 0 Å². The van der Waals surface area contributed by atoms with Crippen LogP contribution in [0, 0.1) is 0 Å². The van der Waals surface area contributed by atoms with Gasteiger partial charge < -0.3 is 0 Å². The van der Waals surface area contributed by atoms with E-state index in [0.29, 0.717) is 0 Å². The van der Waals surface area contributed by atoms with Crippen molar-refractivity contribution < 1.29 is 0 Å². The van der Waals surface area contributed by atoms with Crippen LogP contribution in [0.4, 0.5) is 0 Å². The van der Waals surface area contributed by atoms with Crippen LogP contribution in [-0.4, -0.2) is 0 Å². The van der Waals surface area contributed by atoms with Crippen LogP contribution in [0.15, 0.2) is 12.1 Å². The van der Waals surface area contributed by atoms with Gasteiger partial charge in [-0.25, -0.2) is 0 Å². The Morgan fingerprint density at radius 3 is 1.26 bits per heavy atom. The Bertz CT molecular complexity index is 1190. The summed E-state index contributed by atoms with van der Waals surface area (Å²) in [6.07, 6.45) is 19.6. The quantitative estimate of drug-likeness (QED) is 0.167. The first kappa shape index (κ1) is 30.7. The zero-order valence-electron chi connectivity index (χ0n) is 26.5. The summed E-state index contributed by atoms with van der Waals surface area (Å²) in [4.78, 5) is 0. The zero-order chi connectivity index (χ0) is 27.7. The summed E-state index contributed by atoms with van der Waals surface area (Å²) in [5.74, 6) is 0. The Morgan fingerprint density at radius 2 is 0.737 bits per heavy atom. The van der Waals surface area contributed by atoms with Crippen LogP contribution in [0.5, 0.6) is 0 Å². The molecule has 0 heterocycles. The van der Waals surface area contributed by atoms with Gasteiger partial charge in [-0.1, -0.05) is 113 Å². The first-order valence-electron chi connectivity index (χ1n) is 16.6. The van der Waals surface area contributed by atoms with Crippen molar-refractivity contribution in [2.75, 3.05) is 0 Å². The highest BCUT2D eigenvalue weighted by Crippen LogP contribution is 2.42.